The number of carbonyl (C=O) groups excluding carboxylic acids is 3. The highest BCUT2D eigenvalue weighted by atomic mass is 35.5. The quantitative estimate of drug-likeness (QED) is 0.365. The molecule has 0 radical (unpaired) electrons. The number of halogens is 1. The lowest BCUT2D eigenvalue weighted by Crippen LogP contribution is -2.55. The van der Waals surface area contributed by atoms with Crippen LogP contribution in [0.1, 0.15) is 25.7 Å². The number of carbonyl (C=O) groups is 3. The second-order valence-electron chi connectivity index (χ2n) is 10.1. The van der Waals surface area contributed by atoms with Gasteiger partial charge in [-0.3, -0.25) is 14.4 Å². The Balaban J connectivity index is 1.22. The van der Waals surface area contributed by atoms with Crippen LogP contribution >= 0.6 is 11.6 Å². The van der Waals surface area contributed by atoms with Crippen LogP contribution in [0.25, 0.3) is 10.8 Å². The predicted octanol–water partition coefficient (Wildman–Crippen LogP) is 2.97. The number of nitrogens with one attached hydrogen (secondary N) is 2. The Kier molecular flexibility index (Phi) is 7.97. The van der Waals surface area contributed by atoms with Crippen LogP contribution in [-0.4, -0.2) is 67.7 Å². The second kappa shape index (κ2) is 11.4. The van der Waals surface area contributed by atoms with Gasteiger partial charge in [-0.05, 0) is 66.8 Å². The van der Waals surface area contributed by atoms with Gasteiger partial charge in [-0.15, -0.1) is 0 Å². The topological polar surface area (TPSA) is 142 Å². The van der Waals surface area contributed by atoms with Crippen LogP contribution in [0.5, 0.6) is 0 Å². The van der Waals surface area contributed by atoms with Gasteiger partial charge in [0.1, 0.15) is 12.1 Å². The highest BCUT2D eigenvalue weighted by Crippen LogP contribution is 2.25. The zero-order valence-electron chi connectivity index (χ0n) is 21.7. The molecule has 0 saturated carbocycles. The Morgan fingerprint density at radius 3 is 2.50 bits per heavy atom. The van der Waals surface area contributed by atoms with Crippen molar-refractivity contribution in [2.75, 3.05) is 30.7 Å². The molecule has 12 heteroatoms. The first-order valence-corrected chi connectivity index (χ1v) is 14.9. The number of piperidine rings is 1. The molecule has 0 aliphatic carbocycles. The number of fused-ring (bicyclic) bond motifs is 1. The fraction of sp³-hybridized carbons (Fsp3) is 0.321. The molecule has 0 bridgehead atoms. The predicted molar refractivity (Wildman–Crippen MR) is 153 cm³/mol. The number of nitrogens with zero attached hydrogens (tertiary/aromatic N) is 2. The molecule has 2 heterocycles. The van der Waals surface area contributed by atoms with Gasteiger partial charge in [-0.1, -0.05) is 41.9 Å². The fourth-order valence-electron chi connectivity index (χ4n) is 5.22. The molecule has 0 aromatic heterocycles. The molecule has 10 nitrogen and oxygen atoms in total. The highest BCUT2D eigenvalue weighted by molar-refractivity contribution is 7.89. The zero-order valence-corrected chi connectivity index (χ0v) is 23.2. The Morgan fingerprint density at radius 1 is 0.975 bits per heavy atom. The average Bonchev–Trinajstić information content (AvgIpc) is 3.43. The van der Waals surface area contributed by atoms with Crippen LogP contribution in [-0.2, 0) is 24.4 Å². The second-order valence-corrected chi connectivity index (χ2v) is 12.2. The zero-order chi connectivity index (χ0) is 28.4. The highest BCUT2D eigenvalue weighted by Gasteiger charge is 2.38. The van der Waals surface area contributed by atoms with Crippen molar-refractivity contribution in [2.24, 2.45) is 0 Å². The molecule has 210 valence electrons. The molecule has 3 aromatic carbocycles. The van der Waals surface area contributed by atoms with Crippen LogP contribution in [0.4, 0.5) is 11.4 Å². The van der Waals surface area contributed by atoms with Crippen molar-refractivity contribution in [3.05, 3.63) is 65.7 Å². The molecule has 40 heavy (non-hydrogen) atoms. The van der Waals surface area contributed by atoms with Crippen molar-refractivity contribution in [1.82, 2.24) is 14.5 Å². The Labute approximate surface area is 237 Å². The first-order chi connectivity index (χ1) is 19.1. The minimum absolute atomic E-state index is 0.0925. The first-order valence-electron chi connectivity index (χ1n) is 13.1. The summed E-state index contributed by atoms with van der Waals surface area (Å²) in [6.45, 7) is 0.493. The van der Waals surface area contributed by atoms with E-state index in [1.807, 2.05) is 42.5 Å². The number of benzene rings is 3. The largest absolute Gasteiger partial charge is 0.398 e. The first kappa shape index (κ1) is 27.9. The molecule has 2 atom stereocenters. The average molecular weight is 584 g/mol. The SMILES string of the molecule is Nc1ccc(S(=O)(=O)NC2CCCN(CC(=O)N3CCCC3C(=O)Nc3ccc4ccccc4c3)C2=O)cc1Cl. The minimum atomic E-state index is -4.05. The van der Waals surface area contributed by atoms with E-state index >= 15 is 0 Å². The summed E-state index contributed by atoms with van der Waals surface area (Å²) < 4.78 is 28.2. The Hall–Kier alpha value is -3.67. The maximum Gasteiger partial charge on any atom is 0.247 e. The van der Waals surface area contributed by atoms with Crippen LogP contribution in [0, 0.1) is 0 Å². The summed E-state index contributed by atoms with van der Waals surface area (Å²) in [6, 6.07) is 15.7. The summed E-state index contributed by atoms with van der Waals surface area (Å²) in [6.07, 6.45) is 2.00. The number of nitrogen functional groups attached to an aromatic ring is 1. The van der Waals surface area contributed by atoms with Crippen molar-refractivity contribution in [3.8, 4) is 0 Å². The van der Waals surface area contributed by atoms with Gasteiger partial charge in [-0.25, -0.2) is 8.42 Å². The van der Waals surface area contributed by atoms with Gasteiger partial charge in [0.15, 0.2) is 0 Å². The van der Waals surface area contributed by atoms with Crippen LogP contribution in [0.15, 0.2) is 65.6 Å². The van der Waals surface area contributed by atoms with E-state index in [2.05, 4.69) is 10.0 Å². The van der Waals surface area contributed by atoms with Gasteiger partial charge in [0, 0.05) is 18.8 Å². The van der Waals surface area contributed by atoms with Crippen molar-refractivity contribution in [2.45, 2.75) is 42.7 Å². The van der Waals surface area contributed by atoms with Gasteiger partial charge in [0.25, 0.3) is 0 Å². The van der Waals surface area contributed by atoms with E-state index in [0.29, 0.717) is 44.5 Å². The van der Waals surface area contributed by atoms with E-state index in [9.17, 15) is 22.8 Å². The summed E-state index contributed by atoms with van der Waals surface area (Å²) in [4.78, 5) is 42.3. The molecule has 2 saturated heterocycles. The fourth-order valence-corrected chi connectivity index (χ4v) is 6.72. The lowest BCUT2D eigenvalue weighted by atomic mass is 10.1. The van der Waals surface area contributed by atoms with E-state index in [1.54, 1.807) is 0 Å². The molecular weight excluding hydrogens is 554 g/mol. The summed E-state index contributed by atoms with van der Waals surface area (Å²) in [5.41, 5.74) is 6.56. The number of amides is 3. The number of anilines is 2. The van der Waals surface area contributed by atoms with E-state index in [4.69, 9.17) is 17.3 Å². The van der Waals surface area contributed by atoms with Crippen molar-refractivity contribution in [1.29, 1.82) is 0 Å². The van der Waals surface area contributed by atoms with Crippen LogP contribution in [0.3, 0.4) is 0 Å². The maximum atomic E-state index is 13.3. The monoisotopic (exact) mass is 583 g/mol. The number of nitrogens with two attached hydrogens (primary N) is 1. The van der Waals surface area contributed by atoms with Crippen molar-refractivity contribution < 1.29 is 22.8 Å². The van der Waals surface area contributed by atoms with Crippen molar-refractivity contribution >= 4 is 61.5 Å². The van der Waals surface area contributed by atoms with Gasteiger partial charge in [0.05, 0.1) is 22.2 Å². The molecule has 5 rings (SSSR count). The number of hydrogen-bond donors (Lipinski definition) is 3. The lowest BCUT2D eigenvalue weighted by molar-refractivity contribution is -0.144. The summed E-state index contributed by atoms with van der Waals surface area (Å²) in [5, 5.41) is 5.07. The summed E-state index contributed by atoms with van der Waals surface area (Å²) >= 11 is 5.97. The molecule has 0 spiro atoms. The van der Waals surface area contributed by atoms with Crippen molar-refractivity contribution in [3.63, 3.8) is 0 Å². The third-order valence-corrected chi connectivity index (χ3v) is 9.13. The van der Waals surface area contributed by atoms with E-state index in [-0.39, 0.29) is 34.0 Å². The third-order valence-electron chi connectivity index (χ3n) is 7.33. The normalized spacial score (nSPS) is 19.7. The number of rotatable bonds is 7. The lowest BCUT2D eigenvalue weighted by Gasteiger charge is -2.34. The molecule has 4 N–H and O–H groups in total. The molecule has 2 unspecified atom stereocenters. The number of hydrogen-bond acceptors (Lipinski definition) is 6. The minimum Gasteiger partial charge on any atom is -0.398 e. The maximum absolute atomic E-state index is 13.3. The number of likely N-dealkylation sites (tertiary alicyclic amines) is 2. The standard InChI is InChI=1S/C28H30ClN5O5S/c29-22-16-21(11-12-23(22)30)40(38,39)32-24-7-3-13-33(28(24)37)17-26(35)34-14-4-8-25(34)27(36)31-20-10-9-18-5-1-2-6-19(18)15-20/h1-2,5-6,9-12,15-16,24-25,32H,3-4,7-8,13-14,17,30H2,(H,31,36). The molecule has 3 amide bonds. The van der Waals surface area contributed by atoms with E-state index in [1.165, 1.54) is 28.0 Å². The molecule has 3 aromatic rings. The molecule has 2 fully saturated rings. The van der Waals surface area contributed by atoms with Gasteiger partial charge in [-0.2, -0.15) is 4.72 Å². The summed E-state index contributed by atoms with van der Waals surface area (Å²) in [5.74, 6) is -1.11. The molecule has 2 aliphatic heterocycles. The van der Waals surface area contributed by atoms with Gasteiger partial charge in [0.2, 0.25) is 27.7 Å². The Morgan fingerprint density at radius 2 is 1.73 bits per heavy atom. The molecule has 2 aliphatic rings. The molecular formula is C28H30ClN5O5S. The third kappa shape index (κ3) is 5.91. The van der Waals surface area contributed by atoms with E-state index in [0.717, 1.165) is 10.8 Å². The van der Waals surface area contributed by atoms with Gasteiger partial charge >= 0.3 is 0 Å². The smallest absolute Gasteiger partial charge is 0.247 e. The van der Waals surface area contributed by atoms with Crippen LogP contribution < -0.4 is 15.8 Å². The van der Waals surface area contributed by atoms with E-state index < -0.39 is 28.0 Å². The number of sulfonamides is 1. The summed E-state index contributed by atoms with van der Waals surface area (Å²) in [7, 11) is -4.05. The van der Waals surface area contributed by atoms with Gasteiger partial charge < -0.3 is 20.9 Å². The Bertz CT molecular complexity index is 1580. The van der Waals surface area contributed by atoms with Crippen LogP contribution in [0.2, 0.25) is 5.02 Å².